The predicted molar refractivity (Wildman–Crippen MR) is 88.4 cm³/mol. The van der Waals surface area contributed by atoms with Crippen LogP contribution in [0.3, 0.4) is 0 Å². The van der Waals surface area contributed by atoms with Gasteiger partial charge < -0.3 is 19.7 Å². The largest absolute Gasteiger partial charge is 0.377 e. The van der Waals surface area contributed by atoms with Gasteiger partial charge in [-0.2, -0.15) is 0 Å². The zero-order valence-corrected chi connectivity index (χ0v) is 14.3. The highest BCUT2D eigenvalue weighted by atomic mass is 16.5. The van der Waals surface area contributed by atoms with Gasteiger partial charge in [0.05, 0.1) is 25.4 Å². The van der Waals surface area contributed by atoms with Crippen molar-refractivity contribution in [2.45, 2.75) is 50.9 Å². The maximum atomic E-state index is 12.3. The molecule has 3 aliphatic rings. The Morgan fingerprint density at radius 3 is 2.65 bits per heavy atom. The van der Waals surface area contributed by atoms with Crippen LogP contribution >= 0.6 is 0 Å². The minimum Gasteiger partial charge on any atom is -0.377 e. The van der Waals surface area contributed by atoms with Gasteiger partial charge >= 0.3 is 0 Å². The van der Waals surface area contributed by atoms with Gasteiger partial charge in [-0.3, -0.25) is 9.69 Å². The van der Waals surface area contributed by atoms with Crippen LogP contribution in [0.2, 0.25) is 0 Å². The van der Waals surface area contributed by atoms with Crippen LogP contribution in [0, 0.1) is 0 Å². The molecule has 0 aliphatic carbocycles. The third kappa shape index (κ3) is 4.89. The first-order valence-electron chi connectivity index (χ1n) is 9.18. The maximum absolute atomic E-state index is 12.3. The average Bonchev–Trinajstić information content (AvgIpc) is 3.08. The summed E-state index contributed by atoms with van der Waals surface area (Å²) < 4.78 is 11.2. The molecule has 6 nitrogen and oxygen atoms in total. The quantitative estimate of drug-likeness (QED) is 0.796. The number of likely N-dealkylation sites (tertiary alicyclic amines) is 1. The third-order valence-corrected chi connectivity index (χ3v) is 5.28. The van der Waals surface area contributed by atoms with E-state index in [1.54, 1.807) is 0 Å². The SMILES string of the molecule is C[C@@H]1CN(C2CCN(C(=O)CNC[C@@H]3CCCO3)CC2)CCO1. The summed E-state index contributed by atoms with van der Waals surface area (Å²) >= 11 is 0. The fourth-order valence-corrected chi connectivity index (χ4v) is 3.91. The summed E-state index contributed by atoms with van der Waals surface area (Å²) in [6.07, 6.45) is 5.08. The number of amides is 1. The molecule has 1 N–H and O–H groups in total. The molecule has 0 aromatic heterocycles. The van der Waals surface area contributed by atoms with Crippen molar-refractivity contribution in [2.75, 3.05) is 52.5 Å². The molecule has 3 heterocycles. The molecule has 6 heteroatoms. The first-order chi connectivity index (χ1) is 11.2. The van der Waals surface area contributed by atoms with E-state index in [2.05, 4.69) is 17.1 Å². The van der Waals surface area contributed by atoms with Gasteiger partial charge in [-0.15, -0.1) is 0 Å². The Morgan fingerprint density at radius 1 is 1.13 bits per heavy atom. The van der Waals surface area contributed by atoms with Crippen molar-refractivity contribution in [1.29, 1.82) is 0 Å². The van der Waals surface area contributed by atoms with Crippen molar-refractivity contribution < 1.29 is 14.3 Å². The van der Waals surface area contributed by atoms with E-state index in [1.165, 1.54) is 0 Å². The van der Waals surface area contributed by atoms with E-state index in [0.717, 1.165) is 71.6 Å². The number of nitrogens with zero attached hydrogens (tertiary/aromatic N) is 2. The molecular formula is C17H31N3O3. The number of morpholine rings is 1. The molecule has 3 aliphatic heterocycles. The lowest BCUT2D eigenvalue weighted by Gasteiger charge is -2.41. The molecule has 0 aromatic rings. The third-order valence-electron chi connectivity index (χ3n) is 5.28. The molecule has 0 aromatic carbocycles. The van der Waals surface area contributed by atoms with Crippen LogP contribution in [0.5, 0.6) is 0 Å². The van der Waals surface area contributed by atoms with Crippen molar-refractivity contribution >= 4 is 5.91 Å². The zero-order valence-electron chi connectivity index (χ0n) is 14.3. The number of hydrogen-bond acceptors (Lipinski definition) is 5. The molecule has 0 radical (unpaired) electrons. The van der Waals surface area contributed by atoms with E-state index in [-0.39, 0.29) is 5.91 Å². The van der Waals surface area contributed by atoms with Gasteiger partial charge in [-0.1, -0.05) is 0 Å². The molecule has 2 atom stereocenters. The monoisotopic (exact) mass is 325 g/mol. The van der Waals surface area contributed by atoms with Gasteiger partial charge in [0.1, 0.15) is 0 Å². The summed E-state index contributed by atoms with van der Waals surface area (Å²) in [5, 5.41) is 3.26. The highest BCUT2D eigenvalue weighted by Crippen LogP contribution is 2.19. The number of carbonyl (C=O) groups excluding carboxylic acids is 1. The number of carbonyl (C=O) groups is 1. The normalized spacial score (nSPS) is 30.7. The second-order valence-corrected chi connectivity index (χ2v) is 7.05. The lowest BCUT2D eigenvalue weighted by molar-refractivity contribution is -0.132. The van der Waals surface area contributed by atoms with Crippen LogP contribution in [0.1, 0.15) is 32.6 Å². The molecule has 1 amide bonds. The minimum atomic E-state index is 0.233. The van der Waals surface area contributed by atoms with Crippen molar-refractivity contribution in [3.63, 3.8) is 0 Å². The predicted octanol–water partition coefficient (Wildman–Crippen LogP) is 0.467. The Labute approximate surface area is 139 Å². The van der Waals surface area contributed by atoms with E-state index >= 15 is 0 Å². The molecular weight excluding hydrogens is 294 g/mol. The Bertz CT molecular complexity index is 379. The lowest BCUT2D eigenvalue weighted by atomic mass is 10.0. The topological polar surface area (TPSA) is 54.0 Å². The van der Waals surface area contributed by atoms with Gasteiger partial charge in [-0.05, 0) is 32.6 Å². The Kier molecular flexibility index (Phi) is 6.28. The molecule has 3 rings (SSSR count). The first-order valence-corrected chi connectivity index (χ1v) is 9.18. The van der Waals surface area contributed by atoms with Gasteiger partial charge in [0, 0.05) is 45.4 Å². The molecule has 0 saturated carbocycles. The van der Waals surface area contributed by atoms with Crippen molar-refractivity contribution in [2.24, 2.45) is 0 Å². The molecule has 0 spiro atoms. The molecule has 132 valence electrons. The average molecular weight is 325 g/mol. The molecule has 3 fully saturated rings. The van der Waals surface area contributed by atoms with Crippen molar-refractivity contribution in [1.82, 2.24) is 15.1 Å². The second-order valence-electron chi connectivity index (χ2n) is 7.05. The van der Waals surface area contributed by atoms with Crippen LogP contribution in [0.4, 0.5) is 0 Å². The van der Waals surface area contributed by atoms with Crippen molar-refractivity contribution in [3.05, 3.63) is 0 Å². The molecule has 0 bridgehead atoms. The van der Waals surface area contributed by atoms with Gasteiger partial charge in [0.25, 0.3) is 0 Å². The first kappa shape index (κ1) is 17.1. The van der Waals surface area contributed by atoms with Crippen LogP contribution in [0.25, 0.3) is 0 Å². The minimum absolute atomic E-state index is 0.233. The lowest BCUT2D eigenvalue weighted by Crippen LogP contribution is -2.52. The summed E-state index contributed by atoms with van der Waals surface area (Å²) in [5.41, 5.74) is 0. The highest BCUT2D eigenvalue weighted by molar-refractivity contribution is 5.78. The van der Waals surface area contributed by atoms with E-state index in [0.29, 0.717) is 24.8 Å². The highest BCUT2D eigenvalue weighted by Gasteiger charge is 2.29. The van der Waals surface area contributed by atoms with Crippen LogP contribution in [-0.2, 0) is 14.3 Å². The Balaban J connectivity index is 1.33. The van der Waals surface area contributed by atoms with E-state index in [4.69, 9.17) is 9.47 Å². The summed E-state index contributed by atoms with van der Waals surface area (Å²) in [7, 11) is 0. The van der Waals surface area contributed by atoms with E-state index in [1.807, 2.05) is 4.90 Å². The van der Waals surface area contributed by atoms with E-state index in [9.17, 15) is 4.79 Å². The number of nitrogens with one attached hydrogen (secondary N) is 1. The van der Waals surface area contributed by atoms with Gasteiger partial charge in [0.2, 0.25) is 5.91 Å². The van der Waals surface area contributed by atoms with E-state index < -0.39 is 0 Å². The number of piperidine rings is 1. The van der Waals surface area contributed by atoms with Gasteiger partial charge in [-0.25, -0.2) is 0 Å². The van der Waals surface area contributed by atoms with Crippen molar-refractivity contribution in [3.8, 4) is 0 Å². The standard InChI is InChI=1S/C17H31N3O3/c1-14-13-20(8-10-22-14)15-4-6-19(7-5-15)17(21)12-18-11-16-3-2-9-23-16/h14-16,18H,2-13H2,1H3/t14-,16+/m1/s1. The van der Waals surface area contributed by atoms with Crippen LogP contribution in [-0.4, -0.2) is 86.4 Å². The Hall–Kier alpha value is -0.690. The summed E-state index contributed by atoms with van der Waals surface area (Å²) in [6, 6.07) is 0.616. The summed E-state index contributed by atoms with van der Waals surface area (Å²) in [6.45, 7) is 8.93. The second kappa shape index (κ2) is 8.42. The molecule has 3 saturated heterocycles. The Morgan fingerprint density at radius 2 is 1.96 bits per heavy atom. The number of rotatable bonds is 5. The van der Waals surface area contributed by atoms with Crippen LogP contribution < -0.4 is 5.32 Å². The molecule has 23 heavy (non-hydrogen) atoms. The number of ether oxygens (including phenoxy) is 2. The van der Waals surface area contributed by atoms with Gasteiger partial charge in [0.15, 0.2) is 0 Å². The van der Waals surface area contributed by atoms with Crippen LogP contribution in [0.15, 0.2) is 0 Å². The number of hydrogen-bond donors (Lipinski definition) is 1. The fourth-order valence-electron chi connectivity index (χ4n) is 3.91. The smallest absolute Gasteiger partial charge is 0.236 e. The maximum Gasteiger partial charge on any atom is 0.236 e. The zero-order chi connectivity index (χ0) is 16.1. The molecule has 0 unspecified atom stereocenters. The summed E-state index contributed by atoms with van der Waals surface area (Å²) in [5.74, 6) is 0.233. The summed E-state index contributed by atoms with van der Waals surface area (Å²) in [4.78, 5) is 16.9. The fraction of sp³-hybridized carbons (Fsp3) is 0.941.